The molecule has 54 heavy (non-hydrogen) atoms. The van der Waals surface area contributed by atoms with Crippen LogP contribution < -0.4 is 43.6 Å². The number of nitrogens with zero attached hydrogens (tertiary/aromatic N) is 2. The summed E-state index contributed by atoms with van der Waals surface area (Å²) in [6, 6.07) is 10.4. The van der Waals surface area contributed by atoms with Crippen LogP contribution >= 0.6 is 11.8 Å². The van der Waals surface area contributed by atoms with E-state index in [0.29, 0.717) is 50.0 Å². The molecule has 6 amide bonds. The minimum Gasteiger partial charge on any atom is -0.497 e. The van der Waals surface area contributed by atoms with Crippen LogP contribution in [0.15, 0.2) is 58.4 Å². The van der Waals surface area contributed by atoms with E-state index in [4.69, 9.17) is 27.7 Å². The second-order valence-electron chi connectivity index (χ2n) is 12.7. The van der Waals surface area contributed by atoms with E-state index in [1.807, 2.05) is 6.92 Å². The lowest BCUT2D eigenvalue weighted by Crippen LogP contribution is -2.56. The molecule has 0 aromatic heterocycles. The maximum atomic E-state index is 13.7. The van der Waals surface area contributed by atoms with Crippen LogP contribution in [0.4, 0.5) is 4.79 Å². The molecule has 0 saturated carbocycles. The molecule has 0 unspecified atom stereocenters. The first kappa shape index (κ1) is 43.0. The Kier molecular flexibility index (Phi) is 17.5. The number of nitrogens with two attached hydrogens (primary N) is 4. The average Bonchev–Trinajstić information content (AvgIpc) is 3.41. The molecule has 1 aliphatic heterocycles. The standard InChI is InChI=1S/C37H51N9O7S/c1-3-4-8-27(31(39)47)43-33(49)28(9-5-6-19-38)45-34(50)29(10-7-20-42-36(40)41)44-32(48)25-15-11-23(12-16-25)21-30-35(51)46(37(52)54-30)22-24-13-17-26(53-2)18-14-24/h11-18,21,27-29H,3-10,19-20,22,38H2,1-2H3,(H2,39,47)(H,43,49)(H,44,48)(H,45,50)(H4,40,41,42)/b30-21-/t27-,28-,29-/m0/s1. The summed E-state index contributed by atoms with van der Waals surface area (Å²) in [6.07, 6.45) is 5.22. The van der Waals surface area contributed by atoms with E-state index >= 15 is 0 Å². The summed E-state index contributed by atoms with van der Waals surface area (Å²) >= 11 is 0.825. The minimum atomic E-state index is -1.08. The lowest BCUT2D eigenvalue weighted by atomic mass is 10.0. The quantitative estimate of drug-likeness (QED) is 0.0394. The Hall–Kier alpha value is -5.42. The van der Waals surface area contributed by atoms with E-state index in [1.54, 1.807) is 49.6 Å². The lowest BCUT2D eigenvalue weighted by Gasteiger charge is -2.25. The monoisotopic (exact) mass is 765 g/mol. The molecule has 17 heteroatoms. The van der Waals surface area contributed by atoms with E-state index in [2.05, 4.69) is 20.9 Å². The topological polar surface area (TPSA) is 267 Å². The molecule has 1 saturated heterocycles. The van der Waals surface area contributed by atoms with Crippen LogP contribution in [0.5, 0.6) is 5.75 Å². The number of ether oxygens (including phenoxy) is 1. The number of unbranched alkanes of at least 4 members (excludes halogenated alkanes) is 2. The number of carbonyl (C=O) groups excluding carboxylic acids is 6. The first-order valence-corrected chi connectivity index (χ1v) is 18.6. The van der Waals surface area contributed by atoms with Crippen LogP contribution in [0.3, 0.4) is 0 Å². The number of imide groups is 1. The second kappa shape index (κ2) is 21.9. The van der Waals surface area contributed by atoms with Crippen molar-refractivity contribution < 1.29 is 33.5 Å². The molecule has 1 aliphatic rings. The van der Waals surface area contributed by atoms with Gasteiger partial charge in [0.2, 0.25) is 17.7 Å². The van der Waals surface area contributed by atoms with Gasteiger partial charge in [-0.15, -0.1) is 0 Å². The second-order valence-corrected chi connectivity index (χ2v) is 13.7. The zero-order valence-electron chi connectivity index (χ0n) is 30.7. The molecule has 3 atom stereocenters. The van der Waals surface area contributed by atoms with Gasteiger partial charge in [0, 0.05) is 12.1 Å². The highest BCUT2D eigenvalue weighted by molar-refractivity contribution is 8.18. The number of thioether (sulfide) groups is 1. The Morgan fingerprint density at radius 1 is 0.833 bits per heavy atom. The van der Waals surface area contributed by atoms with Crippen molar-refractivity contribution in [2.45, 2.75) is 83.0 Å². The maximum Gasteiger partial charge on any atom is 0.293 e. The number of hydrogen-bond acceptors (Lipinski definition) is 10. The Morgan fingerprint density at radius 3 is 2.04 bits per heavy atom. The minimum absolute atomic E-state index is 0.109. The molecule has 2 aromatic rings. The van der Waals surface area contributed by atoms with Gasteiger partial charge in [-0.05, 0) is 98.3 Å². The van der Waals surface area contributed by atoms with E-state index < -0.39 is 52.9 Å². The summed E-state index contributed by atoms with van der Waals surface area (Å²) in [4.78, 5) is 83.5. The van der Waals surface area contributed by atoms with Gasteiger partial charge in [0.1, 0.15) is 23.9 Å². The number of aliphatic imine (C=N–C) groups is 1. The Bertz CT molecular complexity index is 1680. The molecule has 0 aliphatic carbocycles. The smallest absolute Gasteiger partial charge is 0.293 e. The molecule has 292 valence electrons. The van der Waals surface area contributed by atoms with Crippen molar-refractivity contribution in [1.82, 2.24) is 20.9 Å². The van der Waals surface area contributed by atoms with Crippen LogP contribution in [0, 0.1) is 0 Å². The molecule has 0 radical (unpaired) electrons. The highest BCUT2D eigenvalue weighted by atomic mass is 32.2. The third kappa shape index (κ3) is 13.5. The van der Waals surface area contributed by atoms with Gasteiger partial charge in [0.05, 0.1) is 18.6 Å². The van der Waals surface area contributed by atoms with Gasteiger partial charge < -0.3 is 43.6 Å². The largest absolute Gasteiger partial charge is 0.497 e. The number of methoxy groups -OCH3 is 1. The van der Waals surface area contributed by atoms with Gasteiger partial charge >= 0.3 is 0 Å². The predicted molar refractivity (Wildman–Crippen MR) is 208 cm³/mol. The van der Waals surface area contributed by atoms with Crippen molar-refractivity contribution in [2.24, 2.45) is 27.9 Å². The summed E-state index contributed by atoms with van der Waals surface area (Å²) in [6.45, 7) is 2.64. The fraction of sp³-hybridized carbons (Fsp3) is 0.432. The van der Waals surface area contributed by atoms with Crippen molar-refractivity contribution in [3.05, 3.63) is 70.1 Å². The van der Waals surface area contributed by atoms with Crippen molar-refractivity contribution in [3.63, 3.8) is 0 Å². The molecule has 1 fully saturated rings. The van der Waals surface area contributed by atoms with Crippen LogP contribution in [0.1, 0.15) is 79.8 Å². The van der Waals surface area contributed by atoms with Crippen molar-refractivity contribution in [2.75, 3.05) is 20.2 Å². The Labute approximate surface area is 319 Å². The van der Waals surface area contributed by atoms with Crippen LogP contribution in [0.2, 0.25) is 0 Å². The predicted octanol–water partition coefficient (Wildman–Crippen LogP) is 1.86. The molecular weight excluding hydrogens is 715 g/mol. The summed E-state index contributed by atoms with van der Waals surface area (Å²) in [5, 5.41) is 7.75. The average molecular weight is 766 g/mol. The molecule has 1 heterocycles. The highest BCUT2D eigenvalue weighted by Crippen LogP contribution is 2.33. The summed E-state index contributed by atoms with van der Waals surface area (Å²) in [5.74, 6) is -2.32. The molecule has 0 spiro atoms. The number of primary amides is 1. The first-order valence-electron chi connectivity index (χ1n) is 17.8. The number of nitrogens with one attached hydrogen (secondary N) is 3. The number of amides is 6. The van der Waals surface area contributed by atoms with E-state index in [-0.39, 0.29) is 42.4 Å². The van der Waals surface area contributed by atoms with Crippen molar-refractivity contribution in [3.8, 4) is 5.75 Å². The van der Waals surface area contributed by atoms with Crippen LogP contribution in [0.25, 0.3) is 6.08 Å². The normalized spacial score (nSPS) is 14.9. The van der Waals surface area contributed by atoms with Crippen LogP contribution in [-0.4, -0.2) is 84.0 Å². The van der Waals surface area contributed by atoms with Crippen LogP contribution in [-0.2, 0) is 25.7 Å². The SMILES string of the molecule is CCCC[C@H](NC(=O)[C@H](CCCCN)NC(=O)[C@H](CCCN=C(N)N)NC(=O)c1ccc(/C=C2\SC(=O)N(Cc3ccc(OC)cc3)C2=O)cc1)C(N)=O. The fourth-order valence-electron chi connectivity index (χ4n) is 5.45. The first-order chi connectivity index (χ1) is 25.9. The van der Waals surface area contributed by atoms with E-state index in [0.717, 1.165) is 28.6 Å². The molecule has 2 aromatic carbocycles. The van der Waals surface area contributed by atoms with Crippen molar-refractivity contribution >= 4 is 58.6 Å². The summed E-state index contributed by atoms with van der Waals surface area (Å²) in [7, 11) is 1.55. The molecule has 3 rings (SSSR count). The zero-order chi connectivity index (χ0) is 39.6. The maximum absolute atomic E-state index is 13.7. The van der Waals surface area contributed by atoms with Gasteiger partial charge in [0.25, 0.3) is 17.1 Å². The number of carbonyl (C=O) groups is 6. The van der Waals surface area contributed by atoms with Gasteiger partial charge in [-0.1, -0.05) is 44.0 Å². The molecular formula is C37H51N9O7S. The number of benzene rings is 2. The van der Waals surface area contributed by atoms with Gasteiger partial charge in [0.15, 0.2) is 5.96 Å². The van der Waals surface area contributed by atoms with Gasteiger partial charge in [-0.25, -0.2) is 0 Å². The van der Waals surface area contributed by atoms with E-state index in [9.17, 15) is 28.8 Å². The Morgan fingerprint density at radius 2 is 1.44 bits per heavy atom. The van der Waals surface area contributed by atoms with E-state index in [1.165, 1.54) is 12.1 Å². The van der Waals surface area contributed by atoms with Gasteiger partial charge in [-0.2, -0.15) is 0 Å². The molecule has 0 bridgehead atoms. The summed E-state index contributed by atoms with van der Waals surface area (Å²) < 4.78 is 5.16. The lowest BCUT2D eigenvalue weighted by molar-refractivity contribution is -0.132. The number of hydrogen-bond donors (Lipinski definition) is 7. The third-order valence-electron chi connectivity index (χ3n) is 8.50. The Balaban J connectivity index is 1.73. The molecule has 16 nitrogen and oxygen atoms in total. The number of rotatable bonds is 22. The molecule has 11 N–H and O–H groups in total. The van der Waals surface area contributed by atoms with Crippen molar-refractivity contribution in [1.29, 1.82) is 0 Å². The van der Waals surface area contributed by atoms with Gasteiger partial charge in [-0.3, -0.25) is 38.7 Å². The zero-order valence-corrected chi connectivity index (χ0v) is 31.5. The number of guanidine groups is 1. The highest BCUT2D eigenvalue weighted by Gasteiger charge is 2.35. The summed E-state index contributed by atoms with van der Waals surface area (Å²) in [5.41, 5.74) is 23.6. The third-order valence-corrected chi connectivity index (χ3v) is 9.40. The fourth-order valence-corrected chi connectivity index (χ4v) is 6.28.